The van der Waals surface area contributed by atoms with Gasteiger partial charge in [-0.15, -0.1) is 0 Å². The van der Waals surface area contributed by atoms with Crippen molar-refractivity contribution in [2.24, 2.45) is 11.8 Å². The summed E-state index contributed by atoms with van der Waals surface area (Å²) in [6.07, 6.45) is 9.04. The van der Waals surface area contributed by atoms with Crippen molar-refractivity contribution < 1.29 is 39.6 Å². The molecule has 0 aliphatic rings. The van der Waals surface area contributed by atoms with Crippen LogP contribution in [0.15, 0.2) is 0 Å². The summed E-state index contributed by atoms with van der Waals surface area (Å²) in [5.41, 5.74) is 0. The molecule has 216 valence electrons. The van der Waals surface area contributed by atoms with E-state index in [0.29, 0.717) is 38.5 Å². The molecular weight excluding hydrogens is 623 g/mol. The molecule has 0 spiro atoms. The predicted molar refractivity (Wildman–Crippen MR) is 154 cm³/mol. The number of hydrogen-bond donors (Lipinski definition) is 4. The summed E-state index contributed by atoms with van der Waals surface area (Å²) >= 11 is -2.63. The van der Waals surface area contributed by atoms with E-state index in [1.807, 2.05) is 0 Å². The van der Waals surface area contributed by atoms with E-state index in [9.17, 15) is 29.4 Å². The summed E-state index contributed by atoms with van der Waals surface area (Å²) in [5.74, 6) is -2.57. The van der Waals surface area contributed by atoms with Gasteiger partial charge in [0, 0.05) is 0 Å². The molecule has 0 aliphatic heterocycles. The van der Waals surface area contributed by atoms with E-state index in [1.165, 1.54) is 21.7 Å². The summed E-state index contributed by atoms with van der Waals surface area (Å²) in [6, 6.07) is 0. The van der Waals surface area contributed by atoms with Gasteiger partial charge in [0.15, 0.2) is 0 Å². The van der Waals surface area contributed by atoms with Gasteiger partial charge in [-0.05, 0) is 0 Å². The second-order valence-electron chi connectivity index (χ2n) is 9.74. The fraction of sp³-hybridized carbons (Fsp3) is 0.846. The Bertz CT molecular complexity index is 621. The van der Waals surface area contributed by atoms with Gasteiger partial charge < -0.3 is 0 Å². The first kappa shape index (κ1) is 36.4. The quantitative estimate of drug-likeness (QED) is 0.0561. The zero-order valence-electron chi connectivity index (χ0n) is 22.6. The molecule has 2 unspecified atom stereocenters. The molecule has 0 aromatic rings. The van der Waals surface area contributed by atoms with Crippen LogP contribution in [0.25, 0.3) is 0 Å². The first-order chi connectivity index (χ1) is 17.6. The third-order valence-electron chi connectivity index (χ3n) is 6.53. The van der Waals surface area contributed by atoms with Crippen molar-refractivity contribution in [3.05, 3.63) is 0 Å². The molecule has 0 aromatic heterocycles. The van der Waals surface area contributed by atoms with Gasteiger partial charge in [0.25, 0.3) is 0 Å². The molecule has 8 nitrogen and oxygen atoms in total. The van der Waals surface area contributed by atoms with E-state index in [-0.39, 0.29) is 12.8 Å². The van der Waals surface area contributed by atoms with Gasteiger partial charge in [0.2, 0.25) is 0 Å². The molecule has 4 N–H and O–H groups in total. The van der Waals surface area contributed by atoms with Crippen LogP contribution < -0.4 is 0 Å². The fourth-order valence-corrected chi connectivity index (χ4v) is 35.5. The molecule has 11 heteroatoms. The van der Waals surface area contributed by atoms with Crippen molar-refractivity contribution in [2.45, 2.75) is 113 Å². The summed E-state index contributed by atoms with van der Waals surface area (Å²) in [4.78, 5) is 44.7. The van der Waals surface area contributed by atoms with Gasteiger partial charge in [-0.1, -0.05) is 0 Å². The van der Waals surface area contributed by atoms with Crippen LogP contribution >= 0.6 is 17.9 Å². The number of carbonyl (C=O) groups is 4. The zero-order valence-corrected chi connectivity index (χ0v) is 27.1. The van der Waals surface area contributed by atoms with E-state index in [1.54, 1.807) is 0 Å². The molecule has 0 heterocycles. The Morgan fingerprint density at radius 1 is 0.595 bits per heavy atom. The Balaban J connectivity index is 4.94. The topological polar surface area (TPSA) is 149 Å². The molecule has 0 fully saturated rings. The second-order valence-corrected chi connectivity index (χ2v) is 36.3. The third kappa shape index (κ3) is 19.1. The van der Waals surface area contributed by atoms with E-state index in [2.05, 4.69) is 31.7 Å². The van der Waals surface area contributed by atoms with Crippen molar-refractivity contribution in [1.82, 2.24) is 0 Å². The maximum absolute atomic E-state index is 11.6. The van der Waals surface area contributed by atoms with E-state index < -0.39 is 51.3 Å². The first-order valence-electron chi connectivity index (χ1n) is 13.7. The minimum absolute atomic E-state index is 0.00502. The molecule has 0 aromatic carbocycles. The Morgan fingerprint density at radius 2 is 0.946 bits per heavy atom. The molecule has 0 saturated heterocycles. The first-order valence-corrected chi connectivity index (χ1v) is 26.7. The Kier molecular flexibility index (Phi) is 21.8. The van der Waals surface area contributed by atoms with Gasteiger partial charge in [0.1, 0.15) is 0 Å². The number of rotatable bonds is 26. The second kappa shape index (κ2) is 22.2. The van der Waals surface area contributed by atoms with Crippen LogP contribution in [0.1, 0.15) is 104 Å². The zero-order chi connectivity index (χ0) is 28.1. The Labute approximate surface area is 231 Å². The molecule has 2 atom stereocenters. The van der Waals surface area contributed by atoms with Crippen molar-refractivity contribution in [1.29, 1.82) is 0 Å². The van der Waals surface area contributed by atoms with Crippen molar-refractivity contribution in [2.75, 3.05) is 11.5 Å². The van der Waals surface area contributed by atoms with E-state index in [4.69, 9.17) is 10.2 Å². The number of aliphatic carboxylic acids is 4. The molecule has 0 rings (SSSR count). The van der Waals surface area contributed by atoms with E-state index >= 15 is 0 Å². The van der Waals surface area contributed by atoms with Gasteiger partial charge in [-0.25, -0.2) is 0 Å². The SMILES string of the molecule is CCC[CH2][Sn]([CH2]CCC)([S]CCCC(CCCC(=O)O)C(=O)O)[S]CCCC(CCCC(=O)O)C(=O)O. The average molecular weight is 672 g/mol. The van der Waals surface area contributed by atoms with E-state index in [0.717, 1.165) is 37.2 Å². The molecule has 37 heavy (non-hydrogen) atoms. The Morgan fingerprint density at radius 3 is 1.24 bits per heavy atom. The van der Waals surface area contributed by atoms with Crippen LogP contribution in [0.3, 0.4) is 0 Å². The average Bonchev–Trinajstić information content (AvgIpc) is 2.83. The third-order valence-corrected chi connectivity index (χ3v) is 37.7. The van der Waals surface area contributed by atoms with Crippen LogP contribution in [-0.2, 0) is 19.2 Å². The minimum atomic E-state index is -2.63. The van der Waals surface area contributed by atoms with Crippen LogP contribution in [-0.4, -0.2) is 71.4 Å². The summed E-state index contributed by atoms with van der Waals surface area (Å²) in [5, 5.41) is 36.7. The van der Waals surface area contributed by atoms with Gasteiger partial charge in [-0.2, -0.15) is 0 Å². The number of hydrogen-bond acceptors (Lipinski definition) is 6. The summed E-state index contributed by atoms with van der Waals surface area (Å²) in [7, 11) is 4.24. The van der Waals surface area contributed by atoms with Gasteiger partial charge >= 0.3 is 233 Å². The van der Waals surface area contributed by atoms with Crippen molar-refractivity contribution in [3.8, 4) is 0 Å². The molecule has 0 bridgehead atoms. The Hall–Kier alpha value is -0.621. The van der Waals surface area contributed by atoms with Crippen LogP contribution in [0.5, 0.6) is 0 Å². The number of carboxylic acid groups (broad SMARTS) is 4. The monoisotopic (exact) mass is 672 g/mol. The molecule has 0 aliphatic carbocycles. The summed E-state index contributed by atoms with van der Waals surface area (Å²) < 4.78 is 2.53. The molecule has 0 radical (unpaired) electrons. The predicted octanol–water partition coefficient (Wildman–Crippen LogP) is 6.97. The standard InChI is InChI=1S/2C9H16O4S.2C4H9.Sn/c2*10-8(11)5-1-3-7(9(12)13)4-2-6-14;2*1-3-4-2;/h2*7,14H,1-6H2,(H,10,11)(H,12,13);2*1,3-4H2,2H3;/q;;;;+2/p-2. The summed E-state index contributed by atoms with van der Waals surface area (Å²) in [6.45, 7) is 4.41. The maximum atomic E-state index is 11.6. The van der Waals surface area contributed by atoms with Crippen LogP contribution in [0.4, 0.5) is 0 Å². The van der Waals surface area contributed by atoms with Crippen LogP contribution in [0.2, 0.25) is 8.87 Å². The number of carboxylic acids is 4. The number of unbranched alkanes of at least 4 members (excludes halogenated alkanes) is 2. The van der Waals surface area contributed by atoms with Crippen LogP contribution in [0, 0.1) is 11.8 Å². The van der Waals surface area contributed by atoms with Crippen molar-refractivity contribution >= 4 is 57.4 Å². The molecular formula is C26H48O8S2Sn. The molecule has 0 saturated carbocycles. The molecule has 0 amide bonds. The normalized spacial score (nSPS) is 13.2. The van der Waals surface area contributed by atoms with Gasteiger partial charge in [-0.3, -0.25) is 0 Å². The fourth-order valence-electron chi connectivity index (χ4n) is 4.31. The van der Waals surface area contributed by atoms with Gasteiger partial charge in [0.05, 0.1) is 0 Å². The van der Waals surface area contributed by atoms with Crippen molar-refractivity contribution in [3.63, 3.8) is 0 Å².